The number of aromatic nitrogens is 1. The van der Waals surface area contributed by atoms with Gasteiger partial charge in [0.05, 0.1) is 12.7 Å². The van der Waals surface area contributed by atoms with Crippen molar-refractivity contribution in [1.82, 2.24) is 4.98 Å². The van der Waals surface area contributed by atoms with Crippen LogP contribution in [0.2, 0.25) is 5.02 Å². The van der Waals surface area contributed by atoms with Crippen LogP contribution in [0.3, 0.4) is 0 Å². The molecule has 82 valence electrons. The van der Waals surface area contributed by atoms with Gasteiger partial charge in [0.2, 0.25) is 0 Å². The monoisotopic (exact) mass is 235 g/mol. The number of hydrogen-bond donors (Lipinski definition) is 1. The molecule has 0 fully saturated rings. The number of carbonyl (C=O) groups excluding carboxylic acids is 1. The first kappa shape index (κ1) is 10.8. The molecule has 0 aliphatic heterocycles. The van der Waals surface area contributed by atoms with Gasteiger partial charge in [-0.1, -0.05) is 23.7 Å². The number of ether oxygens (including phenoxy) is 1. The van der Waals surface area contributed by atoms with E-state index in [1.165, 1.54) is 7.11 Å². The van der Waals surface area contributed by atoms with Gasteiger partial charge in [0, 0.05) is 23.0 Å². The number of H-pyrrole nitrogens is 1. The number of hydrogen-bond acceptors (Lipinski definition) is 2. The molecule has 1 heterocycles. The average molecular weight is 236 g/mol. The van der Waals surface area contributed by atoms with E-state index in [4.69, 9.17) is 16.3 Å². The van der Waals surface area contributed by atoms with Crippen molar-refractivity contribution >= 4 is 17.6 Å². The van der Waals surface area contributed by atoms with Gasteiger partial charge in [-0.05, 0) is 17.7 Å². The SMILES string of the molecule is COC(=O)c1c[nH]cc1-c1cccc(Cl)c1. The second-order valence-corrected chi connectivity index (χ2v) is 3.72. The van der Waals surface area contributed by atoms with Crippen molar-refractivity contribution in [2.24, 2.45) is 0 Å². The van der Waals surface area contributed by atoms with Gasteiger partial charge in [-0.2, -0.15) is 0 Å². The van der Waals surface area contributed by atoms with Crippen LogP contribution in [0.5, 0.6) is 0 Å². The standard InChI is InChI=1S/C12H10ClNO2/c1-16-12(15)11-7-14-6-10(11)8-3-2-4-9(13)5-8/h2-7,14H,1H3. The minimum atomic E-state index is -0.365. The first-order chi connectivity index (χ1) is 7.72. The van der Waals surface area contributed by atoms with Crippen LogP contribution in [0.15, 0.2) is 36.7 Å². The maximum Gasteiger partial charge on any atom is 0.340 e. The largest absolute Gasteiger partial charge is 0.465 e. The number of halogens is 1. The molecule has 16 heavy (non-hydrogen) atoms. The Bertz CT molecular complexity index is 519. The van der Waals surface area contributed by atoms with E-state index in [2.05, 4.69) is 4.98 Å². The Balaban J connectivity index is 2.48. The predicted octanol–water partition coefficient (Wildman–Crippen LogP) is 3.12. The molecule has 1 aromatic carbocycles. The Morgan fingerprint density at radius 1 is 1.38 bits per heavy atom. The summed E-state index contributed by atoms with van der Waals surface area (Å²) in [6, 6.07) is 7.32. The Morgan fingerprint density at radius 2 is 2.19 bits per heavy atom. The van der Waals surface area contributed by atoms with E-state index in [-0.39, 0.29) is 5.97 Å². The normalized spacial score (nSPS) is 10.1. The maximum absolute atomic E-state index is 11.5. The Labute approximate surface area is 98.0 Å². The molecule has 1 N–H and O–H groups in total. The highest BCUT2D eigenvalue weighted by atomic mass is 35.5. The quantitative estimate of drug-likeness (QED) is 0.813. The van der Waals surface area contributed by atoms with Crippen LogP contribution in [-0.2, 0) is 4.74 Å². The van der Waals surface area contributed by atoms with Crippen molar-refractivity contribution < 1.29 is 9.53 Å². The molecule has 3 nitrogen and oxygen atoms in total. The summed E-state index contributed by atoms with van der Waals surface area (Å²) in [5, 5.41) is 0.634. The summed E-state index contributed by atoms with van der Waals surface area (Å²) < 4.78 is 4.70. The molecule has 0 bridgehead atoms. The predicted molar refractivity (Wildman–Crippen MR) is 62.6 cm³/mol. The van der Waals surface area contributed by atoms with Crippen LogP contribution in [0.4, 0.5) is 0 Å². The summed E-state index contributed by atoms with van der Waals surface area (Å²) in [6.45, 7) is 0. The highest BCUT2D eigenvalue weighted by Gasteiger charge is 2.13. The average Bonchev–Trinajstić information content (AvgIpc) is 2.77. The molecule has 1 aromatic heterocycles. The van der Waals surface area contributed by atoms with Gasteiger partial charge in [0.25, 0.3) is 0 Å². The molecule has 2 aromatic rings. The van der Waals surface area contributed by atoms with Gasteiger partial charge < -0.3 is 9.72 Å². The minimum Gasteiger partial charge on any atom is -0.465 e. The van der Waals surface area contributed by atoms with Gasteiger partial charge in [-0.25, -0.2) is 4.79 Å². The van der Waals surface area contributed by atoms with E-state index in [1.807, 2.05) is 12.1 Å². The lowest BCUT2D eigenvalue weighted by atomic mass is 10.1. The highest BCUT2D eigenvalue weighted by Crippen LogP contribution is 2.26. The van der Waals surface area contributed by atoms with Crippen molar-refractivity contribution in [2.45, 2.75) is 0 Å². The summed E-state index contributed by atoms with van der Waals surface area (Å²) in [4.78, 5) is 14.4. The lowest BCUT2D eigenvalue weighted by Crippen LogP contribution is -2.00. The third-order valence-corrected chi connectivity index (χ3v) is 2.52. The van der Waals surface area contributed by atoms with E-state index in [9.17, 15) is 4.79 Å². The van der Waals surface area contributed by atoms with Crippen molar-refractivity contribution in [3.05, 3.63) is 47.2 Å². The van der Waals surface area contributed by atoms with Crippen molar-refractivity contribution in [3.63, 3.8) is 0 Å². The van der Waals surface area contributed by atoms with Crippen molar-refractivity contribution in [3.8, 4) is 11.1 Å². The molecule has 0 spiro atoms. The fourth-order valence-electron chi connectivity index (χ4n) is 1.54. The molecule has 4 heteroatoms. The first-order valence-electron chi connectivity index (χ1n) is 4.73. The summed E-state index contributed by atoms with van der Waals surface area (Å²) in [7, 11) is 1.36. The number of benzene rings is 1. The molecule has 0 aliphatic carbocycles. The summed E-state index contributed by atoms with van der Waals surface area (Å²) in [5.41, 5.74) is 2.17. The molecule has 0 aliphatic rings. The number of esters is 1. The van der Waals surface area contributed by atoms with Crippen LogP contribution in [0.25, 0.3) is 11.1 Å². The molecule has 0 saturated carbocycles. The maximum atomic E-state index is 11.5. The first-order valence-corrected chi connectivity index (χ1v) is 5.11. The molecule has 0 saturated heterocycles. The zero-order valence-electron chi connectivity index (χ0n) is 8.66. The Morgan fingerprint density at radius 3 is 2.88 bits per heavy atom. The third kappa shape index (κ3) is 1.95. The van der Waals surface area contributed by atoms with Crippen molar-refractivity contribution in [2.75, 3.05) is 7.11 Å². The van der Waals surface area contributed by atoms with Crippen molar-refractivity contribution in [1.29, 1.82) is 0 Å². The van der Waals surface area contributed by atoms with Gasteiger partial charge in [0.1, 0.15) is 0 Å². The smallest absolute Gasteiger partial charge is 0.340 e. The zero-order valence-corrected chi connectivity index (χ0v) is 9.41. The molecular formula is C12H10ClNO2. The van der Waals surface area contributed by atoms with Gasteiger partial charge >= 0.3 is 5.97 Å². The second kappa shape index (κ2) is 4.41. The lowest BCUT2D eigenvalue weighted by Gasteiger charge is -2.02. The van der Waals surface area contributed by atoms with Gasteiger partial charge in [-0.15, -0.1) is 0 Å². The minimum absolute atomic E-state index is 0.365. The topological polar surface area (TPSA) is 42.1 Å². The van der Waals surface area contributed by atoms with E-state index >= 15 is 0 Å². The van der Waals surface area contributed by atoms with Crippen LogP contribution in [-0.4, -0.2) is 18.1 Å². The number of aromatic amines is 1. The molecule has 0 radical (unpaired) electrons. The van der Waals surface area contributed by atoms with E-state index < -0.39 is 0 Å². The van der Waals surface area contributed by atoms with Crippen LogP contribution in [0.1, 0.15) is 10.4 Å². The van der Waals surface area contributed by atoms with E-state index in [0.717, 1.165) is 11.1 Å². The molecule has 0 atom stereocenters. The fourth-order valence-corrected chi connectivity index (χ4v) is 1.73. The number of rotatable bonds is 2. The zero-order chi connectivity index (χ0) is 11.5. The van der Waals surface area contributed by atoms with Gasteiger partial charge in [-0.3, -0.25) is 0 Å². The fraction of sp³-hybridized carbons (Fsp3) is 0.0833. The number of nitrogens with one attached hydrogen (secondary N) is 1. The molecular weight excluding hydrogens is 226 g/mol. The van der Waals surface area contributed by atoms with Crippen LogP contribution >= 0.6 is 11.6 Å². The summed E-state index contributed by atoms with van der Waals surface area (Å²) >= 11 is 5.90. The lowest BCUT2D eigenvalue weighted by molar-refractivity contribution is 0.0602. The summed E-state index contributed by atoms with van der Waals surface area (Å²) in [5.74, 6) is -0.365. The number of methoxy groups -OCH3 is 1. The molecule has 0 amide bonds. The molecule has 0 unspecified atom stereocenters. The second-order valence-electron chi connectivity index (χ2n) is 3.28. The van der Waals surface area contributed by atoms with Crippen LogP contribution < -0.4 is 0 Å². The Kier molecular flexibility index (Phi) is 2.97. The van der Waals surface area contributed by atoms with Crippen LogP contribution in [0, 0.1) is 0 Å². The highest BCUT2D eigenvalue weighted by molar-refractivity contribution is 6.30. The summed E-state index contributed by atoms with van der Waals surface area (Å²) in [6.07, 6.45) is 3.36. The molecule has 2 rings (SSSR count). The Hall–Kier alpha value is -1.74. The third-order valence-electron chi connectivity index (χ3n) is 2.29. The van der Waals surface area contributed by atoms with Gasteiger partial charge in [0.15, 0.2) is 0 Å². The van der Waals surface area contributed by atoms with E-state index in [0.29, 0.717) is 10.6 Å². The van der Waals surface area contributed by atoms with E-state index in [1.54, 1.807) is 24.5 Å². The number of carbonyl (C=O) groups is 1.